The number of Topliss-reactive ketones (excluding diaryl/α,β-unsaturated/α-hetero) is 2. The molecule has 0 radical (unpaired) electrons. The standard InChI is InChI=1S/C33H35N5O8/c1-3-37(15-34)21-14-17(8-11-32(45)9-6-5-7-10-32)26(39)23-19(21)12-18-13-20-25(38(4-2)16-35)28(41)24(31(36)44)30(43)33(20,46)29(42)22(18)27(23)40/h3-4,14-16,18,20,25,34-35,39-40,43,45-46H,1-2,5-7,9-10,12-13H2,(H2,36,44)/t18-,20-,25-,33-/m0/s1. The lowest BCUT2D eigenvalue weighted by molar-refractivity contribution is -0.152. The van der Waals surface area contributed by atoms with Crippen LogP contribution < -0.4 is 10.6 Å². The third kappa shape index (κ3) is 4.69. The van der Waals surface area contributed by atoms with E-state index in [1.807, 2.05) is 0 Å². The maximum Gasteiger partial charge on any atom is 0.255 e. The lowest BCUT2D eigenvalue weighted by Crippen LogP contribution is -2.65. The van der Waals surface area contributed by atoms with Crippen LogP contribution in [-0.2, 0) is 20.8 Å². The number of nitrogens with zero attached hydrogens (tertiary/aromatic N) is 2. The largest absolute Gasteiger partial charge is 0.508 e. The molecular weight excluding hydrogens is 594 g/mol. The van der Waals surface area contributed by atoms with Crippen LogP contribution in [0.25, 0.3) is 5.76 Å². The van der Waals surface area contributed by atoms with Crippen molar-refractivity contribution in [3.05, 3.63) is 65.2 Å². The first-order valence-electron chi connectivity index (χ1n) is 14.7. The number of anilines is 1. The third-order valence-electron chi connectivity index (χ3n) is 9.55. The van der Waals surface area contributed by atoms with E-state index in [0.29, 0.717) is 24.1 Å². The van der Waals surface area contributed by atoms with Gasteiger partial charge >= 0.3 is 0 Å². The van der Waals surface area contributed by atoms with Crippen LogP contribution in [0.5, 0.6) is 5.75 Å². The van der Waals surface area contributed by atoms with Gasteiger partial charge < -0.3 is 41.1 Å². The molecule has 0 aromatic heterocycles. The highest BCUT2D eigenvalue weighted by Crippen LogP contribution is 2.54. The van der Waals surface area contributed by atoms with Crippen LogP contribution in [0.15, 0.2) is 48.5 Å². The predicted octanol–water partition coefficient (Wildman–Crippen LogP) is 2.06. The molecule has 9 N–H and O–H groups in total. The first-order chi connectivity index (χ1) is 21.8. The molecule has 2 saturated carbocycles. The minimum Gasteiger partial charge on any atom is -0.508 e. The van der Waals surface area contributed by atoms with Gasteiger partial charge in [-0.3, -0.25) is 25.2 Å². The molecule has 5 rings (SSSR count). The summed E-state index contributed by atoms with van der Waals surface area (Å²) in [7, 11) is 0. The van der Waals surface area contributed by atoms with Gasteiger partial charge in [0.2, 0.25) is 5.78 Å². The second-order valence-corrected chi connectivity index (χ2v) is 12.0. The van der Waals surface area contributed by atoms with Gasteiger partial charge in [-0.15, -0.1) is 0 Å². The van der Waals surface area contributed by atoms with Gasteiger partial charge in [0.05, 0.1) is 29.5 Å². The first kappa shape index (κ1) is 32.2. The van der Waals surface area contributed by atoms with Gasteiger partial charge in [-0.05, 0) is 62.3 Å². The Bertz CT molecular complexity index is 1710. The number of nitrogens with two attached hydrogens (primary N) is 1. The number of ketones is 2. The number of primary amides is 1. The molecule has 1 amide bonds. The highest BCUT2D eigenvalue weighted by molar-refractivity contribution is 6.25. The van der Waals surface area contributed by atoms with E-state index in [1.54, 1.807) is 0 Å². The quantitative estimate of drug-likeness (QED) is 0.0946. The molecule has 0 bridgehead atoms. The van der Waals surface area contributed by atoms with Crippen LogP contribution in [0.4, 0.5) is 5.69 Å². The van der Waals surface area contributed by atoms with Crippen LogP contribution >= 0.6 is 0 Å². The van der Waals surface area contributed by atoms with Crippen molar-refractivity contribution in [3.63, 3.8) is 0 Å². The smallest absolute Gasteiger partial charge is 0.255 e. The second kappa shape index (κ2) is 11.6. The fraction of sp³-hybridized carbons (Fsp3) is 0.364. The van der Waals surface area contributed by atoms with Crippen molar-refractivity contribution < 1.29 is 39.9 Å². The van der Waals surface area contributed by atoms with Gasteiger partial charge in [0, 0.05) is 17.7 Å². The van der Waals surface area contributed by atoms with Crippen molar-refractivity contribution in [1.82, 2.24) is 4.90 Å². The molecule has 46 heavy (non-hydrogen) atoms. The Morgan fingerprint density at radius 2 is 1.74 bits per heavy atom. The molecule has 0 unspecified atom stereocenters. The normalized spacial score (nSPS) is 26.4. The Labute approximate surface area is 264 Å². The first-order valence-corrected chi connectivity index (χ1v) is 14.7. The molecule has 4 aliphatic rings. The summed E-state index contributed by atoms with van der Waals surface area (Å²) in [5, 5.41) is 72.9. The topological polar surface area (TPSA) is 233 Å². The molecule has 240 valence electrons. The predicted molar refractivity (Wildman–Crippen MR) is 168 cm³/mol. The molecule has 0 saturated heterocycles. The highest BCUT2D eigenvalue weighted by Gasteiger charge is 2.64. The zero-order valence-corrected chi connectivity index (χ0v) is 24.9. The van der Waals surface area contributed by atoms with Crippen molar-refractivity contribution in [2.75, 3.05) is 4.90 Å². The Morgan fingerprint density at radius 1 is 1.07 bits per heavy atom. The van der Waals surface area contributed by atoms with Crippen molar-refractivity contribution in [3.8, 4) is 17.6 Å². The molecule has 2 fully saturated rings. The molecular formula is C33H35N5O8. The molecule has 4 aliphatic carbocycles. The number of phenolic OH excluding ortho intramolecular Hbond substituents is 1. The van der Waals surface area contributed by atoms with Gasteiger partial charge in [-0.25, -0.2) is 0 Å². The van der Waals surface area contributed by atoms with Crippen LogP contribution in [0, 0.1) is 34.5 Å². The maximum atomic E-state index is 14.2. The molecule has 0 heterocycles. The number of aliphatic hydroxyl groups excluding tert-OH is 2. The van der Waals surface area contributed by atoms with Gasteiger partial charge in [0.15, 0.2) is 11.4 Å². The fourth-order valence-corrected chi connectivity index (χ4v) is 7.28. The number of carbonyl (C=O) groups is 3. The molecule has 0 spiro atoms. The molecule has 0 aliphatic heterocycles. The van der Waals surface area contributed by atoms with Gasteiger partial charge in [-0.1, -0.05) is 31.4 Å². The van der Waals surface area contributed by atoms with E-state index < -0.39 is 69.4 Å². The van der Waals surface area contributed by atoms with Gasteiger partial charge in [-0.2, -0.15) is 0 Å². The summed E-state index contributed by atoms with van der Waals surface area (Å²) in [6.07, 6.45) is 7.23. The van der Waals surface area contributed by atoms with Crippen molar-refractivity contribution in [2.45, 2.75) is 62.2 Å². The second-order valence-electron chi connectivity index (χ2n) is 12.0. The number of hydrogen-bond acceptors (Lipinski definition) is 10. The van der Waals surface area contributed by atoms with E-state index in [9.17, 15) is 39.9 Å². The van der Waals surface area contributed by atoms with Crippen LogP contribution in [-0.4, -0.2) is 77.8 Å². The summed E-state index contributed by atoms with van der Waals surface area (Å²) < 4.78 is 0. The summed E-state index contributed by atoms with van der Waals surface area (Å²) in [4.78, 5) is 42.3. The number of aromatic hydroxyl groups is 1. The summed E-state index contributed by atoms with van der Waals surface area (Å²) in [5.41, 5.74) is 0.180. The highest BCUT2D eigenvalue weighted by atomic mass is 16.3. The Morgan fingerprint density at radius 3 is 2.30 bits per heavy atom. The van der Waals surface area contributed by atoms with Crippen LogP contribution in [0.2, 0.25) is 0 Å². The van der Waals surface area contributed by atoms with E-state index in [4.69, 9.17) is 16.6 Å². The van der Waals surface area contributed by atoms with Gasteiger partial charge in [0.25, 0.3) is 5.91 Å². The zero-order chi connectivity index (χ0) is 33.7. The van der Waals surface area contributed by atoms with E-state index in [1.165, 1.54) is 17.2 Å². The fourth-order valence-electron chi connectivity index (χ4n) is 7.28. The number of nitrogens with one attached hydrogen (secondary N) is 2. The van der Waals surface area contributed by atoms with Crippen molar-refractivity contribution >= 4 is 41.6 Å². The lowest BCUT2D eigenvalue weighted by Gasteiger charge is -2.50. The summed E-state index contributed by atoms with van der Waals surface area (Å²) in [5.74, 6) is -2.83. The summed E-state index contributed by atoms with van der Waals surface area (Å²) >= 11 is 0. The lowest BCUT2D eigenvalue weighted by atomic mass is 9.57. The molecule has 13 nitrogen and oxygen atoms in total. The minimum atomic E-state index is -2.91. The zero-order valence-electron chi connectivity index (χ0n) is 24.9. The number of hydrogen-bond donors (Lipinski definition) is 8. The van der Waals surface area contributed by atoms with E-state index in [0.717, 1.165) is 43.0 Å². The SMILES string of the molecule is C=CN(C=N)c1cc(C#CC2(O)CCCCC2)c(O)c2c1C[C@H]1C[C@H]3[C@H](N(C=C)C=N)C(=O)C(C(N)=O)=C(O)[C@@]3(O)C(=O)C1=C2O. The summed E-state index contributed by atoms with van der Waals surface area (Å²) in [6.45, 7) is 7.30. The summed E-state index contributed by atoms with van der Waals surface area (Å²) in [6, 6.07) is -0.0520. The number of rotatable bonds is 7. The molecule has 13 heteroatoms. The number of phenols is 1. The molecule has 4 atom stereocenters. The number of carbonyl (C=O) groups excluding carboxylic acids is 3. The molecule has 1 aromatic carbocycles. The molecule has 1 aromatic rings. The number of aliphatic hydroxyl groups is 4. The Balaban J connectivity index is 1.75. The average molecular weight is 630 g/mol. The van der Waals surface area contributed by atoms with Gasteiger partial charge in [0.1, 0.15) is 34.5 Å². The third-order valence-corrected chi connectivity index (χ3v) is 9.55. The Kier molecular flexibility index (Phi) is 8.14. The van der Waals surface area contributed by atoms with Crippen LogP contribution in [0.3, 0.4) is 0 Å². The number of benzene rings is 1. The number of fused-ring (bicyclic) bond motifs is 3. The van der Waals surface area contributed by atoms with E-state index in [-0.39, 0.29) is 29.5 Å². The van der Waals surface area contributed by atoms with Crippen molar-refractivity contribution in [2.24, 2.45) is 17.6 Å². The number of amides is 1. The Hall–Kier alpha value is -5.19. The van der Waals surface area contributed by atoms with E-state index in [2.05, 4.69) is 25.0 Å². The maximum absolute atomic E-state index is 14.2. The monoisotopic (exact) mass is 629 g/mol. The van der Waals surface area contributed by atoms with E-state index >= 15 is 0 Å². The van der Waals surface area contributed by atoms with Crippen LogP contribution in [0.1, 0.15) is 55.2 Å². The minimum absolute atomic E-state index is 0.0124. The van der Waals surface area contributed by atoms with Crippen molar-refractivity contribution in [1.29, 1.82) is 10.8 Å². The average Bonchev–Trinajstić information content (AvgIpc) is 3.02.